The molecular formula is C19H21N3O2S. The smallest absolute Gasteiger partial charge is 0.224 e. The van der Waals surface area contributed by atoms with Gasteiger partial charge >= 0.3 is 0 Å². The zero-order valence-corrected chi connectivity index (χ0v) is 14.7. The third-order valence-corrected chi connectivity index (χ3v) is 4.75. The van der Waals surface area contributed by atoms with E-state index in [-0.39, 0.29) is 5.91 Å². The summed E-state index contributed by atoms with van der Waals surface area (Å²) in [6, 6.07) is 15.4. The van der Waals surface area contributed by atoms with Crippen molar-refractivity contribution in [3.05, 3.63) is 53.5 Å². The number of nitrogens with zero attached hydrogens (tertiary/aromatic N) is 1. The summed E-state index contributed by atoms with van der Waals surface area (Å²) in [5.74, 6) is 0.760. The largest absolute Gasteiger partial charge is 0.492 e. The molecule has 0 spiro atoms. The van der Waals surface area contributed by atoms with Gasteiger partial charge in [0.05, 0.1) is 15.2 Å². The van der Waals surface area contributed by atoms with Crippen LogP contribution in [0.2, 0.25) is 0 Å². The van der Waals surface area contributed by atoms with Crippen molar-refractivity contribution >= 4 is 33.1 Å². The van der Waals surface area contributed by atoms with Gasteiger partial charge in [0, 0.05) is 18.7 Å². The van der Waals surface area contributed by atoms with Crippen LogP contribution in [0.15, 0.2) is 48.5 Å². The number of rotatable bonds is 8. The van der Waals surface area contributed by atoms with E-state index in [1.165, 1.54) is 4.70 Å². The van der Waals surface area contributed by atoms with Crippen molar-refractivity contribution in [3.63, 3.8) is 0 Å². The summed E-state index contributed by atoms with van der Waals surface area (Å²) in [6.45, 7) is 0.963. The molecule has 0 bridgehead atoms. The maximum Gasteiger partial charge on any atom is 0.224 e. The highest BCUT2D eigenvalue weighted by atomic mass is 32.1. The molecule has 5 nitrogen and oxygen atoms in total. The molecule has 2 aromatic carbocycles. The van der Waals surface area contributed by atoms with Gasteiger partial charge in [-0.25, -0.2) is 4.98 Å². The van der Waals surface area contributed by atoms with Gasteiger partial charge in [-0.2, -0.15) is 0 Å². The van der Waals surface area contributed by atoms with Gasteiger partial charge in [0.1, 0.15) is 12.4 Å². The van der Waals surface area contributed by atoms with E-state index in [9.17, 15) is 4.79 Å². The Bertz CT molecular complexity index is 797. The number of fused-ring (bicyclic) bond motifs is 1. The van der Waals surface area contributed by atoms with Crippen LogP contribution in [0.4, 0.5) is 5.69 Å². The first kappa shape index (κ1) is 17.4. The van der Waals surface area contributed by atoms with E-state index in [0.29, 0.717) is 19.6 Å². The van der Waals surface area contributed by atoms with Gasteiger partial charge in [0.15, 0.2) is 0 Å². The van der Waals surface area contributed by atoms with Gasteiger partial charge in [-0.05, 0) is 49.2 Å². The van der Waals surface area contributed by atoms with Crippen LogP contribution in [0.5, 0.6) is 5.75 Å². The van der Waals surface area contributed by atoms with Gasteiger partial charge in [-0.3, -0.25) is 4.79 Å². The maximum absolute atomic E-state index is 12.1. The summed E-state index contributed by atoms with van der Waals surface area (Å²) >= 11 is 1.70. The van der Waals surface area contributed by atoms with Crippen LogP contribution < -0.4 is 15.8 Å². The third kappa shape index (κ3) is 5.01. The standard InChI is InChI=1S/C19H21N3O2S/c20-12-13-24-15-10-8-14(9-11-15)21-18(23)6-3-7-19-22-16-4-1-2-5-17(16)25-19/h1-2,4-5,8-11H,3,6-7,12-13,20H2,(H,21,23). The predicted octanol–water partition coefficient (Wildman–Crippen LogP) is 3.60. The van der Waals surface area contributed by atoms with Crippen LogP contribution in [0.3, 0.4) is 0 Å². The summed E-state index contributed by atoms with van der Waals surface area (Å²) in [6.07, 6.45) is 2.07. The molecule has 1 amide bonds. The van der Waals surface area contributed by atoms with E-state index in [2.05, 4.69) is 16.4 Å². The van der Waals surface area contributed by atoms with Crippen molar-refractivity contribution in [3.8, 4) is 5.75 Å². The Morgan fingerprint density at radius 2 is 1.96 bits per heavy atom. The van der Waals surface area contributed by atoms with Crippen LogP contribution in [0.1, 0.15) is 17.8 Å². The number of benzene rings is 2. The fourth-order valence-electron chi connectivity index (χ4n) is 2.46. The Kier molecular flexibility index (Phi) is 5.98. The van der Waals surface area contributed by atoms with E-state index in [0.717, 1.165) is 34.8 Å². The van der Waals surface area contributed by atoms with Crippen molar-refractivity contribution < 1.29 is 9.53 Å². The zero-order valence-electron chi connectivity index (χ0n) is 13.9. The lowest BCUT2D eigenvalue weighted by molar-refractivity contribution is -0.116. The number of ether oxygens (including phenoxy) is 1. The van der Waals surface area contributed by atoms with E-state index >= 15 is 0 Å². The highest BCUT2D eigenvalue weighted by molar-refractivity contribution is 7.18. The van der Waals surface area contributed by atoms with Crippen LogP contribution in [-0.4, -0.2) is 24.0 Å². The molecule has 0 saturated heterocycles. The molecule has 25 heavy (non-hydrogen) atoms. The summed E-state index contributed by atoms with van der Waals surface area (Å²) < 4.78 is 6.60. The number of aromatic nitrogens is 1. The van der Waals surface area contributed by atoms with Crippen LogP contribution in [-0.2, 0) is 11.2 Å². The van der Waals surface area contributed by atoms with Crippen molar-refractivity contribution in [2.45, 2.75) is 19.3 Å². The molecule has 0 unspecified atom stereocenters. The quantitative estimate of drug-likeness (QED) is 0.647. The second kappa shape index (κ2) is 8.60. The topological polar surface area (TPSA) is 77.2 Å². The first-order valence-corrected chi connectivity index (χ1v) is 9.13. The van der Waals surface area contributed by atoms with Crippen LogP contribution >= 0.6 is 11.3 Å². The Balaban J connectivity index is 1.44. The second-order valence-corrected chi connectivity index (χ2v) is 6.75. The van der Waals surface area contributed by atoms with Gasteiger partial charge in [-0.15, -0.1) is 11.3 Å². The van der Waals surface area contributed by atoms with Gasteiger partial charge in [-0.1, -0.05) is 12.1 Å². The normalized spacial score (nSPS) is 10.8. The zero-order chi connectivity index (χ0) is 17.5. The van der Waals surface area contributed by atoms with Gasteiger partial charge in [0.2, 0.25) is 5.91 Å². The number of carbonyl (C=O) groups is 1. The van der Waals surface area contributed by atoms with Crippen molar-refractivity contribution in [2.24, 2.45) is 5.73 Å². The SMILES string of the molecule is NCCOc1ccc(NC(=O)CCCc2nc3ccccc3s2)cc1. The first-order valence-electron chi connectivity index (χ1n) is 8.32. The summed E-state index contributed by atoms with van der Waals surface area (Å²) in [5, 5.41) is 3.98. The molecule has 0 radical (unpaired) electrons. The van der Waals surface area contributed by atoms with E-state index in [1.807, 2.05) is 42.5 Å². The second-order valence-electron chi connectivity index (χ2n) is 5.64. The molecule has 130 valence electrons. The molecule has 3 N–H and O–H groups in total. The fraction of sp³-hybridized carbons (Fsp3) is 0.263. The molecule has 0 aliphatic carbocycles. The molecule has 0 saturated carbocycles. The van der Waals surface area contributed by atoms with E-state index in [1.54, 1.807) is 11.3 Å². The highest BCUT2D eigenvalue weighted by Crippen LogP contribution is 2.23. The minimum absolute atomic E-state index is 0.0109. The molecule has 0 aliphatic heterocycles. The Morgan fingerprint density at radius 3 is 2.72 bits per heavy atom. The summed E-state index contributed by atoms with van der Waals surface area (Å²) in [5.41, 5.74) is 7.20. The minimum atomic E-state index is 0.0109. The summed E-state index contributed by atoms with van der Waals surface area (Å²) in [7, 11) is 0. The number of aryl methyl sites for hydroxylation is 1. The van der Waals surface area contributed by atoms with E-state index < -0.39 is 0 Å². The van der Waals surface area contributed by atoms with Crippen LogP contribution in [0.25, 0.3) is 10.2 Å². The molecule has 3 rings (SSSR count). The summed E-state index contributed by atoms with van der Waals surface area (Å²) in [4.78, 5) is 16.6. The van der Waals surface area contributed by atoms with Crippen molar-refractivity contribution in [1.29, 1.82) is 0 Å². The highest BCUT2D eigenvalue weighted by Gasteiger charge is 2.06. The first-order chi connectivity index (χ1) is 12.2. The average molecular weight is 355 g/mol. The monoisotopic (exact) mass is 355 g/mol. The number of hydrogen-bond acceptors (Lipinski definition) is 5. The third-order valence-electron chi connectivity index (χ3n) is 3.66. The molecule has 0 atom stereocenters. The molecule has 0 aliphatic rings. The Hall–Kier alpha value is -2.44. The molecule has 6 heteroatoms. The predicted molar refractivity (Wildman–Crippen MR) is 102 cm³/mol. The lowest BCUT2D eigenvalue weighted by Crippen LogP contribution is -2.12. The molecule has 0 fully saturated rings. The number of nitrogens with one attached hydrogen (secondary N) is 1. The molecular weight excluding hydrogens is 334 g/mol. The number of anilines is 1. The van der Waals surface area contributed by atoms with Crippen molar-refractivity contribution in [1.82, 2.24) is 4.98 Å². The average Bonchev–Trinajstić information content (AvgIpc) is 3.04. The Morgan fingerprint density at radius 1 is 1.16 bits per heavy atom. The number of carbonyl (C=O) groups excluding carboxylic acids is 1. The fourth-order valence-corrected chi connectivity index (χ4v) is 3.47. The molecule has 1 aromatic heterocycles. The lowest BCUT2D eigenvalue weighted by atomic mass is 10.2. The van der Waals surface area contributed by atoms with E-state index in [4.69, 9.17) is 10.5 Å². The molecule has 1 heterocycles. The molecule has 3 aromatic rings. The number of amides is 1. The lowest BCUT2D eigenvalue weighted by Gasteiger charge is -2.07. The number of thiazole rings is 1. The van der Waals surface area contributed by atoms with Crippen molar-refractivity contribution in [2.75, 3.05) is 18.5 Å². The van der Waals surface area contributed by atoms with Crippen LogP contribution in [0, 0.1) is 0 Å². The maximum atomic E-state index is 12.1. The number of para-hydroxylation sites is 1. The number of nitrogens with two attached hydrogens (primary N) is 1. The van der Waals surface area contributed by atoms with Gasteiger partial charge in [0.25, 0.3) is 0 Å². The van der Waals surface area contributed by atoms with Gasteiger partial charge < -0.3 is 15.8 Å². The number of hydrogen-bond donors (Lipinski definition) is 2. The Labute approximate surface area is 150 Å². The minimum Gasteiger partial charge on any atom is -0.492 e.